The Balaban J connectivity index is 1.51. The number of urea groups is 1. The van der Waals surface area contributed by atoms with E-state index in [2.05, 4.69) is 22.7 Å². The van der Waals surface area contributed by atoms with E-state index in [0.29, 0.717) is 24.0 Å². The van der Waals surface area contributed by atoms with E-state index in [9.17, 15) is 18.0 Å². The van der Waals surface area contributed by atoms with Crippen LogP contribution in [0.5, 0.6) is 0 Å². The minimum Gasteiger partial charge on any atom is -0.391 e. The van der Waals surface area contributed by atoms with Gasteiger partial charge in [-0.25, -0.2) is 9.79 Å². The Hall–Kier alpha value is -2.29. The molecule has 5 rings (SSSR count). The van der Waals surface area contributed by atoms with E-state index in [1.54, 1.807) is 4.90 Å². The van der Waals surface area contributed by atoms with Crippen molar-refractivity contribution in [3.63, 3.8) is 0 Å². The molecule has 9 heteroatoms. The number of hydroxylamine groups is 1. The first-order valence-electron chi connectivity index (χ1n) is 9.42. The van der Waals surface area contributed by atoms with Crippen molar-refractivity contribution in [2.24, 2.45) is 16.3 Å². The lowest BCUT2D eigenvalue weighted by Crippen LogP contribution is -2.63. The summed E-state index contributed by atoms with van der Waals surface area (Å²) in [6.45, 7) is 4.59. The zero-order valence-electron chi connectivity index (χ0n) is 15.7. The van der Waals surface area contributed by atoms with Crippen LogP contribution in [0, 0.1) is 11.3 Å². The fourth-order valence-corrected chi connectivity index (χ4v) is 4.64. The van der Waals surface area contributed by atoms with Crippen molar-refractivity contribution in [2.45, 2.75) is 51.5 Å². The lowest BCUT2D eigenvalue weighted by molar-refractivity contribution is -0.137. The van der Waals surface area contributed by atoms with Crippen molar-refractivity contribution in [2.75, 3.05) is 11.9 Å². The number of nitrogens with one attached hydrogen (secondary N) is 2. The third kappa shape index (κ3) is 3.32. The molecule has 1 aromatic rings. The molecule has 3 aliphatic heterocycles. The Labute approximate surface area is 161 Å². The number of amides is 2. The van der Waals surface area contributed by atoms with E-state index < -0.39 is 11.7 Å². The van der Waals surface area contributed by atoms with Gasteiger partial charge in [0, 0.05) is 18.3 Å². The number of alkyl halides is 3. The first kappa shape index (κ1) is 19.0. The quantitative estimate of drug-likeness (QED) is 0.794. The molecule has 0 radical (unpaired) electrons. The molecule has 3 fully saturated rings. The molecule has 2 amide bonds. The standard InChI is InChI=1S/C19H23F3N4O2/c1-11-23-16(28-25-11)18(2)9-12-3-8-15(18)26(10-12)17(27)24-14-6-4-13(5-7-14)19(20,21)22/h4-7,11-12,15,25H,3,8-10H2,1-2H3,(H,24,27). The Morgan fingerprint density at radius 1 is 1.32 bits per heavy atom. The summed E-state index contributed by atoms with van der Waals surface area (Å²) in [5.74, 6) is 0.970. The zero-order chi connectivity index (χ0) is 20.1. The maximum absolute atomic E-state index is 12.9. The molecule has 1 saturated carbocycles. The Morgan fingerprint density at radius 2 is 2.04 bits per heavy atom. The highest BCUT2D eigenvalue weighted by Crippen LogP contribution is 2.48. The normalized spacial score (nSPS) is 32.1. The Morgan fingerprint density at radius 3 is 2.61 bits per heavy atom. The second-order valence-electron chi connectivity index (χ2n) is 8.07. The van der Waals surface area contributed by atoms with Crippen LogP contribution in [0.25, 0.3) is 0 Å². The number of benzene rings is 1. The molecule has 4 atom stereocenters. The molecular weight excluding hydrogens is 373 g/mol. The average Bonchev–Trinajstić information content (AvgIpc) is 3.09. The molecule has 0 spiro atoms. The number of piperidine rings is 2. The molecule has 1 aliphatic carbocycles. The minimum absolute atomic E-state index is 0.0715. The minimum atomic E-state index is -4.40. The number of carbonyl (C=O) groups is 1. The van der Waals surface area contributed by atoms with Crippen molar-refractivity contribution < 1.29 is 22.8 Å². The van der Waals surface area contributed by atoms with Crippen molar-refractivity contribution in [1.29, 1.82) is 0 Å². The molecule has 2 saturated heterocycles. The lowest BCUT2D eigenvalue weighted by Gasteiger charge is -2.54. The van der Waals surface area contributed by atoms with Crippen LogP contribution >= 0.6 is 0 Å². The van der Waals surface area contributed by atoms with Gasteiger partial charge in [-0.15, -0.1) is 5.48 Å². The smallest absolute Gasteiger partial charge is 0.391 e. The van der Waals surface area contributed by atoms with Gasteiger partial charge in [-0.2, -0.15) is 13.2 Å². The maximum Gasteiger partial charge on any atom is 0.416 e. The van der Waals surface area contributed by atoms with Gasteiger partial charge in [-0.3, -0.25) is 0 Å². The summed E-state index contributed by atoms with van der Waals surface area (Å²) in [4.78, 5) is 24.8. The lowest BCUT2D eigenvalue weighted by atomic mass is 9.63. The summed E-state index contributed by atoms with van der Waals surface area (Å²) < 4.78 is 38.1. The second kappa shape index (κ2) is 6.65. The topological polar surface area (TPSA) is 66.0 Å². The van der Waals surface area contributed by atoms with E-state index >= 15 is 0 Å². The van der Waals surface area contributed by atoms with Gasteiger partial charge in [0.1, 0.15) is 6.17 Å². The van der Waals surface area contributed by atoms with Gasteiger partial charge >= 0.3 is 12.2 Å². The molecule has 3 heterocycles. The number of carbonyl (C=O) groups excluding carboxylic acids is 1. The predicted octanol–water partition coefficient (Wildman–Crippen LogP) is 4.01. The predicted molar refractivity (Wildman–Crippen MR) is 97.5 cm³/mol. The number of nitrogens with zero attached hydrogens (tertiary/aromatic N) is 2. The fraction of sp³-hybridized carbons (Fsp3) is 0.579. The third-order valence-corrected chi connectivity index (χ3v) is 5.98. The highest BCUT2D eigenvalue weighted by atomic mass is 19.4. The third-order valence-electron chi connectivity index (χ3n) is 5.98. The van der Waals surface area contributed by atoms with Crippen LogP contribution in [0.2, 0.25) is 0 Å². The molecule has 2 N–H and O–H groups in total. The van der Waals surface area contributed by atoms with E-state index in [1.165, 1.54) is 12.1 Å². The molecule has 28 heavy (non-hydrogen) atoms. The summed E-state index contributed by atoms with van der Waals surface area (Å²) in [6, 6.07) is 4.11. The van der Waals surface area contributed by atoms with Gasteiger partial charge in [0.05, 0.1) is 11.0 Å². The van der Waals surface area contributed by atoms with Crippen LogP contribution in [-0.2, 0) is 11.0 Å². The van der Waals surface area contributed by atoms with Crippen molar-refractivity contribution in [3.05, 3.63) is 29.8 Å². The molecule has 0 aromatic heterocycles. The number of halogens is 3. The van der Waals surface area contributed by atoms with Gasteiger partial charge in [0.2, 0.25) is 5.90 Å². The summed E-state index contributed by atoms with van der Waals surface area (Å²) in [5, 5.41) is 2.74. The van der Waals surface area contributed by atoms with E-state index in [-0.39, 0.29) is 23.7 Å². The van der Waals surface area contributed by atoms with Crippen molar-refractivity contribution >= 4 is 17.6 Å². The average molecular weight is 396 g/mol. The zero-order valence-corrected chi connectivity index (χ0v) is 15.7. The van der Waals surface area contributed by atoms with Crippen LogP contribution in [0.3, 0.4) is 0 Å². The molecular formula is C19H23F3N4O2. The van der Waals surface area contributed by atoms with Crippen LogP contribution in [-0.4, -0.2) is 35.6 Å². The number of rotatable bonds is 2. The molecule has 4 unspecified atom stereocenters. The van der Waals surface area contributed by atoms with Gasteiger partial charge < -0.3 is 15.1 Å². The summed E-state index contributed by atoms with van der Waals surface area (Å²) in [6.07, 6.45) is -1.74. The summed E-state index contributed by atoms with van der Waals surface area (Å²) in [5.41, 5.74) is 2.06. The van der Waals surface area contributed by atoms with Gasteiger partial charge in [0.25, 0.3) is 0 Å². The van der Waals surface area contributed by atoms with E-state index in [4.69, 9.17) is 4.84 Å². The second-order valence-corrected chi connectivity index (χ2v) is 8.07. The number of hydrogen-bond acceptors (Lipinski definition) is 4. The van der Waals surface area contributed by atoms with Crippen molar-refractivity contribution in [3.8, 4) is 0 Å². The number of aliphatic imine (C=N–C) groups is 1. The number of anilines is 1. The first-order valence-corrected chi connectivity index (χ1v) is 9.42. The van der Waals surface area contributed by atoms with Crippen LogP contribution in [0.1, 0.15) is 38.7 Å². The molecule has 152 valence electrons. The van der Waals surface area contributed by atoms with Gasteiger partial charge in [-0.05, 0) is 63.3 Å². The molecule has 2 bridgehead atoms. The van der Waals surface area contributed by atoms with Crippen LogP contribution < -0.4 is 10.8 Å². The summed E-state index contributed by atoms with van der Waals surface area (Å²) in [7, 11) is 0. The fourth-order valence-electron chi connectivity index (χ4n) is 4.64. The molecule has 4 aliphatic rings. The molecule has 6 nitrogen and oxygen atoms in total. The van der Waals surface area contributed by atoms with Crippen molar-refractivity contribution in [1.82, 2.24) is 10.4 Å². The van der Waals surface area contributed by atoms with Crippen LogP contribution in [0.15, 0.2) is 29.3 Å². The Kier molecular flexibility index (Phi) is 4.52. The highest BCUT2D eigenvalue weighted by Gasteiger charge is 2.54. The van der Waals surface area contributed by atoms with Crippen LogP contribution in [0.4, 0.5) is 23.7 Å². The first-order chi connectivity index (χ1) is 13.2. The number of fused-ring (bicyclic) bond motifs is 3. The largest absolute Gasteiger partial charge is 0.416 e. The SMILES string of the molecule is CC1N=C(C2(C)CC3CCC2N(C(=O)Nc2ccc(C(F)(F)F)cc2)C3)ON1. The highest BCUT2D eigenvalue weighted by molar-refractivity contribution is 5.91. The number of hydrogen-bond donors (Lipinski definition) is 2. The summed E-state index contributed by atoms with van der Waals surface area (Å²) >= 11 is 0. The van der Waals surface area contributed by atoms with Gasteiger partial charge in [0.15, 0.2) is 0 Å². The maximum atomic E-state index is 12.9. The van der Waals surface area contributed by atoms with E-state index in [1.807, 2.05) is 6.92 Å². The van der Waals surface area contributed by atoms with Gasteiger partial charge in [-0.1, -0.05) is 0 Å². The Bertz CT molecular complexity index is 795. The monoisotopic (exact) mass is 396 g/mol. The molecule has 1 aromatic carbocycles. The van der Waals surface area contributed by atoms with E-state index in [0.717, 1.165) is 31.4 Å².